The maximum absolute atomic E-state index is 11.7. The molecule has 1 fully saturated rings. The molecular weight excluding hydrogens is 188 g/mol. The van der Waals surface area contributed by atoms with Crippen LogP contribution in [-0.2, 0) is 4.79 Å². The van der Waals surface area contributed by atoms with Crippen molar-refractivity contribution < 1.29 is 4.79 Å². The Kier molecular flexibility index (Phi) is 4.58. The maximum Gasteiger partial charge on any atom is 0.221 e. The molecular formula is C12H24N2O. The van der Waals surface area contributed by atoms with Crippen LogP contribution in [0.5, 0.6) is 0 Å². The molecule has 1 aliphatic carbocycles. The zero-order valence-electron chi connectivity index (χ0n) is 10.2. The molecule has 15 heavy (non-hydrogen) atoms. The standard InChI is InChI=1S/C12H24N2O/c1-4-12(7-6-8-12)14-11(15)9-10(3)13-5-2/h10,13H,4-9H2,1-3H3,(H,14,15). The largest absolute Gasteiger partial charge is 0.351 e. The summed E-state index contributed by atoms with van der Waals surface area (Å²) in [4.78, 5) is 11.7. The summed E-state index contributed by atoms with van der Waals surface area (Å²) in [5, 5.41) is 6.45. The highest BCUT2D eigenvalue weighted by Gasteiger charge is 2.36. The molecule has 1 rings (SSSR count). The van der Waals surface area contributed by atoms with Crippen LogP contribution in [0.25, 0.3) is 0 Å². The van der Waals surface area contributed by atoms with Crippen molar-refractivity contribution in [2.75, 3.05) is 6.54 Å². The second-order valence-corrected chi connectivity index (χ2v) is 4.70. The summed E-state index contributed by atoms with van der Waals surface area (Å²) < 4.78 is 0. The molecule has 0 aliphatic heterocycles. The van der Waals surface area contributed by atoms with E-state index in [9.17, 15) is 4.79 Å². The third kappa shape index (κ3) is 3.49. The Morgan fingerprint density at radius 2 is 2.07 bits per heavy atom. The van der Waals surface area contributed by atoms with E-state index >= 15 is 0 Å². The molecule has 1 amide bonds. The summed E-state index contributed by atoms with van der Waals surface area (Å²) in [5.41, 5.74) is 0.142. The topological polar surface area (TPSA) is 41.1 Å². The third-order valence-electron chi connectivity index (χ3n) is 3.44. The average Bonchev–Trinajstić information content (AvgIpc) is 2.11. The molecule has 0 radical (unpaired) electrons. The van der Waals surface area contributed by atoms with Gasteiger partial charge in [0.05, 0.1) is 0 Å². The Hall–Kier alpha value is -0.570. The van der Waals surface area contributed by atoms with Crippen molar-refractivity contribution in [3.8, 4) is 0 Å². The summed E-state index contributed by atoms with van der Waals surface area (Å²) in [6, 6.07) is 0.281. The first-order valence-corrected chi connectivity index (χ1v) is 6.16. The molecule has 0 spiro atoms. The molecule has 0 aromatic carbocycles. The lowest BCUT2D eigenvalue weighted by Gasteiger charge is -2.42. The maximum atomic E-state index is 11.7. The van der Waals surface area contributed by atoms with Crippen LogP contribution in [0.15, 0.2) is 0 Å². The van der Waals surface area contributed by atoms with Crippen LogP contribution in [0.4, 0.5) is 0 Å². The van der Waals surface area contributed by atoms with E-state index in [1.54, 1.807) is 0 Å². The van der Waals surface area contributed by atoms with E-state index in [1.165, 1.54) is 6.42 Å². The summed E-state index contributed by atoms with van der Waals surface area (Å²) in [6.07, 6.45) is 5.23. The predicted octanol–water partition coefficient (Wildman–Crippen LogP) is 1.82. The Balaban J connectivity index is 2.28. The first-order chi connectivity index (χ1) is 7.12. The zero-order valence-corrected chi connectivity index (χ0v) is 10.2. The molecule has 1 aliphatic rings. The molecule has 2 N–H and O–H groups in total. The number of hydrogen-bond acceptors (Lipinski definition) is 2. The van der Waals surface area contributed by atoms with Crippen LogP contribution >= 0.6 is 0 Å². The molecule has 1 unspecified atom stereocenters. The first kappa shape index (κ1) is 12.5. The smallest absolute Gasteiger partial charge is 0.221 e. The number of carbonyl (C=O) groups excluding carboxylic acids is 1. The lowest BCUT2D eigenvalue weighted by atomic mass is 9.75. The Bertz CT molecular complexity index is 206. The van der Waals surface area contributed by atoms with Gasteiger partial charge < -0.3 is 10.6 Å². The minimum atomic E-state index is 0.142. The van der Waals surface area contributed by atoms with Gasteiger partial charge >= 0.3 is 0 Å². The second-order valence-electron chi connectivity index (χ2n) is 4.70. The van der Waals surface area contributed by atoms with Gasteiger partial charge in [-0.2, -0.15) is 0 Å². The van der Waals surface area contributed by atoms with Gasteiger partial charge in [0.15, 0.2) is 0 Å². The van der Waals surface area contributed by atoms with E-state index in [2.05, 4.69) is 31.4 Å². The minimum Gasteiger partial charge on any atom is -0.351 e. The van der Waals surface area contributed by atoms with Crippen molar-refractivity contribution >= 4 is 5.91 Å². The molecule has 0 bridgehead atoms. The van der Waals surface area contributed by atoms with Crippen molar-refractivity contribution in [1.82, 2.24) is 10.6 Å². The van der Waals surface area contributed by atoms with Crippen LogP contribution < -0.4 is 10.6 Å². The van der Waals surface area contributed by atoms with E-state index in [0.29, 0.717) is 6.42 Å². The fourth-order valence-electron chi connectivity index (χ4n) is 2.22. The van der Waals surface area contributed by atoms with Crippen molar-refractivity contribution in [1.29, 1.82) is 0 Å². The van der Waals surface area contributed by atoms with Crippen molar-refractivity contribution in [2.24, 2.45) is 0 Å². The van der Waals surface area contributed by atoms with E-state index < -0.39 is 0 Å². The van der Waals surface area contributed by atoms with E-state index in [4.69, 9.17) is 0 Å². The van der Waals surface area contributed by atoms with Gasteiger partial charge in [0.25, 0.3) is 0 Å². The van der Waals surface area contributed by atoms with E-state index in [-0.39, 0.29) is 17.5 Å². The summed E-state index contributed by atoms with van der Waals surface area (Å²) in [6.45, 7) is 7.21. The molecule has 0 aromatic heterocycles. The van der Waals surface area contributed by atoms with E-state index in [1.807, 2.05) is 0 Å². The van der Waals surface area contributed by atoms with Gasteiger partial charge in [0.1, 0.15) is 0 Å². The van der Waals surface area contributed by atoms with Gasteiger partial charge in [0, 0.05) is 18.0 Å². The molecule has 88 valence electrons. The molecule has 0 aromatic rings. The predicted molar refractivity (Wildman–Crippen MR) is 62.8 cm³/mol. The Morgan fingerprint density at radius 3 is 2.47 bits per heavy atom. The van der Waals surface area contributed by atoms with Gasteiger partial charge in [-0.3, -0.25) is 4.79 Å². The van der Waals surface area contributed by atoms with Gasteiger partial charge in [-0.15, -0.1) is 0 Å². The molecule has 0 saturated heterocycles. The van der Waals surface area contributed by atoms with Gasteiger partial charge in [-0.05, 0) is 39.2 Å². The van der Waals surface area contributed by atoms with Crippen molar-refractivity contribution in [2.45, 2.75) is 64.5 Å². The average molecular weight is 212 g/mol. The van der Waals surface area contributed by atoms with Crippen LogP contribution in [0.2, 0.25) is 0 Å². The Labute approximate surface area is 93.0 Å². The van der Waals surface area contributed by atoms with Gasteiger partial charge in [-0.1, -0.05) is 13.8 Å². The molecule has 3 nitrogen and oxygen atoms in total. The molecule has 1 atom stereocenters. The van der Waals surface area contributed by atoms with Gasteiger partial charge in [-0.25, -0.2) is 0 Å². The van der Waals surface area contributed by atoms with Crippen LogP contribution in [0, 0.1) is 0 Å². The number of rotatable bonds is 6. The molecule has 3 heteroatoms. The highest BCUT2D eigenvalue weighted by Crippen LogP contribution is 2.34. The SMILES string of the molecule is CCNC(C)CC(=O)NC1(CC)CCC1. The normalized spacial score (nSPS) is 20.5. The Morgan fingerprint density at radius 1 is 1.40 bits per heavy atom. The van der Waals surface area contributed by atoms with E-state index in [0.717, 1.165) is 25.8 Å². The quantitative estimate of drug-likeness (QED) is 0.705. The van der Waals surface area contributed by atoms with Crippen molar-refractivity contribution in [3.63, 3.8) is 0 Å². The first-order valence-electron chi connectivity index (χ1n) is 6.16. The van der Waals surface area contributed by atoms with Crippen LogP contribution in [-0.4, -0.2) is 24.0 Å². The second kappa shape index (κ2) is 5.50. The molecule has 1 saturated carbocycles. The highest BCUT2D eigenvalue weighted by atomic mass is 16.1. The fraction of sp³-hybridized carbons (Fsp3) is 0.917. The zero-order chi connectivity index (χ0) is 11.3. The number of hydrogen-bond donors (Lipinski definition) is 2. The monoisotopic (exact) mass is 212 g/mol. The summed E-state index contributed by atoms with van der Waals surface area (Å²) in [7, 11) is 0. The van der Waals surface area contributed by atoms with Gasteiger partial charge in [0.2, 0.25) is 5.91 Å². The van der Waals surface area contributed by atoms with Crippen molar-refractivity contribution in [3.05, 3.63) is 0 Å². The highest BCUT2D eigenvalue weighted by molar-refractivity contribution is 5.77. The summed E-state index contributed by atoms with van der Waals surface area (Å²) >= 11 is 0. The van der Waals surface area contributed by atoms with Crippen LogP contribution in [0.1, 0.15) is 52.9 Å². The number of carbonyl (C=O) groups is 1. The fourth-order valence-corrected chi connectivity index (χ4v) is 2.22. The van der Waals surface area contributed by atoms with Crippen LogP contribution in [0.3, 0.4) is 0 Å². The molecule has 0 heterocycles. The minimum absolute atomic E-state index is 0.142. The number of nitrogens with one attached hydrogen (secondary N) is 2. The number of amides is 1. The lowest BCUT2D eigenvalue weighted by Crippen LogP contribution is -2.53. The third-order valence-corrected chi connectivity index (χ3v) is 3.44. The summed E-state index contributed by atoms with van der Waals surface area (Å²) in [5.74, 6) is 0.199. The lowest BCUT2D eigenvalue weighted by molar-refractivity contribution is -0.124.